The van der Waals surface area contributed by atoms with Crippen LogP contribution in [0, 0.1) is 0 Å². The quantitative estimate of drug-likeness (QED) is 0.738. The highest BCUT2D eigenvalue weighted by molar-refractivity contribution is 5.81. The molecule has 2 rings (SSSR count). The number of cyclic esters (lactones) is 1. The van der Waals surface area contributed by atoms with E-state index in [1.165, 1.54) is 7.11 Å². The van der Waals surface area contributed by atoms with Crippen molar-refractivity contribution in [1.82, 2.24) is 0 Å². The van der Waals surface area contributed by atoms with E-state index in [9.17, 15) is 9.59 Å². The zero-order chi connectivity index (χ0) is 13.7. The van der Waals surface area contributed by atoms with Gasteiger partial charge in [0.05, 0.1) is 13.7 Å². The summed E-state index contributed by atoms with van der Waals surface area (Å²) in [6.45, 7) is -0.00566. The first kappa shape index (κ1) is 13.2. The van der Waals surface area contributed by atoms with Gasteiger partial charge in [-0.2, -0.15) is 0 Å². The molecule has 0 radical (unpaired) electrons. The monoisotopic (exact) mass is 266 g/mol. The Bertz CT molecular complexity index is 470. The van der Waals surface area contributed by atoms with E-state index >= 15 is 0 Å². The van der Waals surface area contributed by atoms with Crippen LogP contribution in [0.3, 0.4) is 0 Å². The van der Waals surface area contributed by atoms with E-state index in [2.05, 4.69) is 4.74 Å². The van der Waals surface area contributed by atoms with Crippen molar-refractivity contribution in [2.45, 2.75) is 12.5 Å². The zero-order valence-electron chi connectivity index (χ0n) is 10.5. The molecule has 6 heteroatoms. The maximum atomic E-state index is 11.5. The number of benzene rings is 1. The van der Waals surface area contributed by atoms with Crippen LogP contribution in [-0.4, -0.2) is 38.4 Å². The van der Waals surface area contributed by atoms with Crippen LogP contribution in [-0.2, 0) is 19.1 Å². The molecular weight excluding hydrogens is 252 g/mol. The molecule has 0 saturated carbocycles. The molecule has 1 aromatic rings. The van der Waals surface area contributed by atoms with Crippen molar-refractivity contribution < 1.29 is 28.5 Å². The number of ether oxygens (including phenoxy) is 4. The Morgan fingerprint density at radius 2 is 2.11 bits per heavy atom. The lowest BCUT2D eigenvalue weighted by Crippen LogP contribution is -2.26. The standard InChI is InChI=1S/C13H14O6/c1-16-9-4-2-3-5-10(9)18-8-12(14)19-11-6-7-17-13(11)15/h2-5,11H,6-8H2,1H3. The minimum atomic E-state index is -0.811. The molecule has 0 bridgehead atoms. The highest BCUT2D eigenvalue weighted by Gasteiger charge is 2.30. The molecule has 0 aromatic heterocycles. The first-order chi connectivity index (χ1) is 9.20. The van der Waals surface area contributed by atoms with Gasteiger partial charge in [0.25, 0.3) is 0 Å². The Balaban J connectivity index is 1.84. The van der Waals surface area contributed by atoms with Gasteiger partial charge in [0.15, 0.2) is 18.1 Å². The van der Waals surface area contributed by atoms with Crippen molar-refractivity contribution in [2.75, 3.05) is 20.3 Å². The first-order valence-electron chi connectivity index (χ1n) is 5.82. The largest absolute Gasteiger partial charge is 0.493 e. The molecule has 1 atom stereocenters. The molecule has 1 fully saturated rings. The van der Waals surface area contributed by atoms with Gasteiger partial charge in [-0.05, 0) is 12.1 Å². The second-order valence-electron chi connectivity index (χ2n) is 3.87. The molecule has 19 heavy (non-hydrogen) atoms. The molecule has 1 heterocycles. The minimum Gasteiger partial charge on any atom is -0.493 e. The fraction of sp³-hybridized carbons (Fsp3) is 0.385. The van der Waals surface area contributed by atoms with Gasteiger partial charge >= 0.3 is 11.9 Å². The summed E-state index contributed by atoms with van der Waals surface area (Å²) in [5, 5.41) is 0. The number of para-hydroxylation sites is 2. The van der Waals surface area contributed by atoms with E-state index in [0.29, 0.717) is 17.9 Å². The molecule has 0 N–H and O–H groups in total. The molecule has 0 spiro atoms. The second-order valence-corrected chi connectivity index (χ2v) is 3.87. The molecule has 6 nitrogen and oxygen atoms in total. The second kappa shape index (κ2) is 6.08. The Kier molecular flexibility index (Phi) is 4.22. The van der Waals surface area contributed by atoms with E-state index in [1.807, 2.05) is 0 Å². The van der Waals surface area contributed by atoms with Crippen molar-refractivity contribution in [2.24, 2.45) is 0 Å². The predicted molar refractivity (Wildman–Crippen MR) is 63.9 cm³/mol. The van der Waals surface area contributed by atoms with Gasteiger partial charge in [0.2, 0.25) is 6.10 Å². The maximum Gasteiger partial charge on any atom is 0.347 e. The Morgan fingerprint density at radius 1 is 1.37 bits per heavy atom. The summed E-state index contributed by atoms with van der Waals surface area (Å²) >= 11 is 0. The lowest BCUT2D eigenvalue weighted by Gasteiger charge is -2.11. The summed E-state index contributed by atoms with van der Waals surface area (Å²) in [6.07, 6.45) is -0.423. The Hall–Kier alpha value is -2.24. The number of carbonyl (C=O) groups is 2. The van der Waals surface area contributed by atoms with Crippen LogP contribution in [0.5, 0.6) is 11.5 Å². The van der Waals surface area contributed by atoms with Gasteiger partial charge in [-0.25, -0.2) is 9.59 Å². The lowest BCUT2D eigenvalue weighted by atomic mass is 10.3. The fourth-order valence-corrected chi connectivity index (χ4v) is 1.65. The number of carbonyl (C=O) groups excluding carboxylic acids is 2. The molecule has 1 aliphatic rings. The topological polar surface area (TPSA) is 71.1 Å². The summed E-state index contributed by atoms with van der Waals surface area (Å²) in [6, 6.07) is 6.95. The average Bonchev–Trinajstić information content (AvgIpc) is 2.82. The maximum absolute atomic E-state index is 11.5. The van der Waals surface area contributed by atoms with Crippen molar-refractivity contribution in [3.8, 4) is 11.5 Å². The highest BCUT2D eigenvalue weighted by atomic mass is 16.6. The SMILES string of the molecule is COc1ccccc1OCC(=O)OC1CCOC1=O. The molecule has 1 aliphatic heterocycles. The van der Waals surface area contributed by atoms with E-state index in [0.717, 1.165) is 0 Å². The normalized spacial score (nSPS) is 17.7. The van der Waals surface area contributed by atoms with Crippen LogP contribution in [0.1, 0.15) is 6.42 Å². The van der Waals surface area contributed by atoms with Gasteiger partial charge in [-0.3, -0.25) is 0 Å². The summed E-state index contributed by atoms with van der Waals surface area (Å²) in [5.41, 5.74) is 0. The van der Waals surface area contributed by atoms with Crippen LogP contribution in [0.4, 0.5) is 0 Å². The predicted octanol–water partition coefficient (Wildman–Crippen LogP) is 0.933. The zero-order valence-corrected chi connectivity index (χ0v) is 10.5. The third-order valence-electron chi connectivity index (χ3n) is 2.58. The average molecular weight is 266 g/mol. The van der Waals surface area contributed by atoms with Gasteiger partial charge in [0, 0.05) is 6.42 Å². The van der Waals surface area contributed by atoms with Gasteiger partial charge < -0.3 is 18.9 Å². The molecule has 1 aromatic carbocycles. The molecular formula is C13H14O6. The molecule has 0 amide bonds. The van der Waals surface area contributed by atoms with Crippen molar-refractivity contribution in [3.05, 3.63) is 24.3 Å². The van der Waals surface area contributed by atoms with Crippen LogP contribution in [0.2, 0.25) is 0 Å². The van der Waals surface area contributed by atoms with Gasteiger partial charge in [-0.15, -0.1) is 0 Å². The van der Waals surface area contributed by atoms with Crippen molar-refractivity contribution in [1.29, 1.82) is 0 Å². The van der Waals surface area contributed by atoms with Crippen LogP contribution in [0.15, 0.2) is 24.3 Å². The fourth-order valence-electron chi connectivity index (χ4n) is 1.65. The lowest BCUT2D eigenvalue weighted by molar-refractivity contribution is -0.161. The molecule has 1 saturated heterocycles. The Labute approximate surface area is 110 Å². The number of hydrogen-bond donors (Lipinski definition) is 0. The molecule has 0 aliphatic carbocycles. The number of esters is 2. The number of methoxy groups -OCH3 is 1. The summed E-state index contributed by atoms with van der Waals surface area (Å²) < 4.78 is 20.0. The van der Waals surface area contributed by atoms with Gasteiger partial charge in [0.1, 0.15) is 0 Å². The summed E-state index contributed by atoms with van der Waals surface area (Å²) in [5.74, 6) is -0.160. The molecule has 102 valence electrons. The van der Waals surface area contributed by atoms with Crippen molar-refractivity contribution in [3.63, 3.8) is 0 Å². The number of hydrogen-bond acceptors (Lipinski definition) is 6. The van der Waals surface area contributed by atoms with E-state index in [-0.39, 0.29) is 13.2 Å². The van der Waals surface area contributed by atoms with Crippen LogP contribution < -0.4 is 9.47 Å². The molecule has 1 unspecified atom stereocenters. The summed E-state index contributed by atoms with van der Waals surface area (Å²) in [4.78, 5) is 22.6. The van der Waals surface area contributed by atoms with E-state index in [1.54, 1.807) is 24.3 Å². The third kappa shape index (κ3) is 3.37. The minimum absolute atomic E-state index is 0.282. The van der Waals surface area contributed by atoms with Crippen LogP contribution in [0.25, 0.3) is 0 Å². The smallest absolute Gasteiger partial charge is 0.347 e. The highest BCUT2D eigenvalue weighted by Crippen LogP contribution is 2.25. The van der Waals surface area contributed by atoms with Gasteiger partial charge in [-0.1, -0.05) is 12.1 Å². The van der Waals surface area contributed by atoms with Crippen LogP contribution >= 0.6 is 0 Å². The van der Waals surface area contributed by atoms with E-state index in [4.69, 9.17) is 14.2 Å². The third-order valence-corrected chi connectivity index (χ3v) is 2.58. The summed E-state index contributed by atoms with van der Waals surface area (Å²) in [7, 11) is 1.51. The first-order valence-corrected chi connectivity index (χ1v) is 5.82. The van der Waals surface area contributed by atoms with E-state index < -0.39 is 18.0 Å². The Morgan fingerprint density at radius 3 is 2.74 bits per heavy atom. The van der Waals surface area contributed by atoms with Crippen molar-refractivity contribution >= 4 is 11.9 Å². The number of rotatable bonds is 5.